The van der Waals surface area contributed by atoms with Crippen molar-refractivity contribution < 1.29 is 28.5 Å². The minimum absolute atomic E-state index is 0.297. The first kappa shape index (κ1) is 21.7. The van der Waals surface area contributed by atoms with E-state index in [0.29, 0.717) is 42.6 Å². The predicted molar refractivity (Wildman–Crippen MR) is 113 cm³/mol. The van der Waals surface area contributed by atoms with Crippen LogP contribution in [0.3, 0.4) is 0 Å². The van der Waals surface area contributed by atoms with Gasteiger partial charge in [-0.2, -0.15) is 0 Å². The van der Waals surface area contributed by atoms with Crippen LogP contribution < -0.4 is 19.5 Å². The van der Waals surface area contributed by atoms with Crippen molar-refractivity contribution in [3.05, 3.63) is 35.4 Å². The molecule has 3 rings (SSSR count). The number of amides is 1. The summed E-state index contributed by atoms with van der Waals surface area (Å²) >= 11 is 0. The molecule has 0 radical (unpaired) electrons. The Labute approximate surface area is 177 Å². The van der Waals surface area contributed by atoms with Crippen LogP contribution in [0.25, 0.3) is 6.08 Å². The van der Waals surface area contributed by atoms with Gasteiger partial charge >= 0.3 is 5.97 Å². The van der Waals surface area contributed by atoms with Crippen molar-refractivity contribution in [2.24, 2.45) is 0 Å². The van der Waals surface area contributed by atoms with Crippen LogP contribution in [0.4, 0.5) is 0 Å². The Morgan fingerprint density at radius 2 is 2.07 bits per heavy atom. The van der Waals surface area contributed by atoms with Crippen molar-refractivity contribution in [3.63, 3.8) is 0 Å². The number of carbonyl (C=O) groups is 2. The van der Waals surface area contributed by atoms with Gasteiger partial charge in [-0.05, 0) is 62.8 Å². The Balaban J connectivity index is 1.48. The maximum Gasteiger partial charge on any atom is 0.331 e. The van der Waals surface area contributed by atoms with E-state index in [9.17, 15) is 9.59 Å². The van der Waals surface area contributed by atoms with Gasteiger partial charge in [-0.25, -0.2) is 4.79 Å². The fraction of sp³-hybridized carbons (Fsp3) is 0.478. The molecule has 7 heteroatoms. The van der Waals surface area contributed by atoms with Crippen molar-refractivity contribution in [1.82, 2.24) is 5.32 Å². The zero-order valence-electron chi connectivity index (χ0n) is 17.6. The van der Waals surface area contributed by atoms with Crippen LogP contribution in [0.5, 0.6) is 17.2 Å². The largest absolute Gasteiger partial charge is 0.493 e. The number of fused-ring (bicyclic) bond motifs is 1. The molecule has 1 aromatic rings. The number of nitrogens with one attached hydrogen (secondary N) is 1. The molecule has 2 aliphatic rings. The lowest BCUT2D eigenvalue weighted by Gasteiger charge is -2.20. The zero-order valence-corrected chi connectivity index (χ0v) is 17.6. The van der Waals surface area contributed by atoms with E-state index in [-0.39, 0.29) is 5.91 Å². The van der Waals surface area contributed by atoms with Crippen molar-refractivity contribution in [3.8, 4) is 17.2 Å². The van der Waals surface area contributed by atoms with Gasteiger partial charge < -0.3 is 24.3 Å². The average Bonchev–Trinajstić information content (AvgIpc) is 2.77. The smallest absolute Gasteiger partial charge is 0.331 e. The molecule has 7 nitrogen and oxygen atoms in total. The Kier molecular flexibility index (Phi) is 7.76. The van der Waals surface area contributed by atoms with Gasteiger partial charge in [0.25, 0.3) is 5.91 Å². The van der Waals surface area contributed by atoms with E-state index in [0.717, 1.165) is 19.3 Å². The topological polar surface area (TPSA) is 83.1 Å². The minimum atomic E-state index is -0.864. The SMILES string of the molecule is COc1cc(/C=C/C(=O)O[C@@H](C)C(=O)NCCC2=CCCCC2)cc2c1OCCO2. The molecule has 0 saturated carbocycles. The number of carbonyl (C=O) groups excluding carboxylic acids is 2. The van der Waals surface area contributed by atoms with E-state index in [1.165, 1.54) is 24.5 Å². The molecule has 0 spiro atoms. The van der Waals surface area contributed by atoms with Crippen LogP contribution in [0.15, 0.2) is 29.9 Å². The van der Waals surface area contributed by atoms with Gasteiger partial charge in [0, 0.05) is 12.6 Å². The Hall–Kier alpha value is -2.96. The molecule has 0 fully saturated rings. The van der Waals surface area contributed by atoms with Gasteiger partial charge in [0.05, 0.1) is 7.11 Å². The highest BCUT2D eigenvalue weighted by Gasteiger charge is 2.19. The first-order valence-corrected chi connectivity index (χ1v) is 10.4. The van der Waals surface area contributed by atoms with Crippen molar-refractivity contribution in [2.75, 3.05) is 26.9 Å². The molecule has 0 bridgehead atoms. The molecule has 1 amide bonds. The molecule has 1 atom stereocenters. The minimum Gasteiger partial charge on any atom is -0.493 e. The third kappa shape index (κ3) is 6.02. The summed E-state index contributed by atoms with van der Waals surface area (Å²) in [6.45, 7) is 3.03. The summed E-state index contributed by atoms with van der Waals surface area (Å²) in [5.74, 6) is 0.754. The molecular formula is C23H29NO6. The molecular weight excluding hydrogens is 386 g/mol. The molecule has 1 aliphatic heterocycles. The van der Waals surface area contributed by atoms with Crippen molar-refractivity contribution in [2.45, 2.75) is 45.1 Å². The third-order valence-corrected chi connectivity index (χ3v) is 5.05. The van der Waals surface area contributed by atoms with E-state index in [4.69, 9.17) is 18.9 Å². The second kappa shape index (κ2) is 10.7. The maximum absolute atomic E-state index is 12.2. The monoisotopic (exact) mass is 415 g/mol. The van der Waals surface area contributed by atoms with Crippen LogP contribution >= 0.6 is 0 Å². The molecule has 1 heterocycles. The molecule has 0 aromatic heterocycles. The number of benzene rings is 1. The highest BCUT2D eigenvalue weighted by molar-refractivity contribution is 5.90. The highest BCUT2D eigenvalue weighted by atomic mass is 16.6. The van der Waals surface area contributed by atoms with Crippen LogP contribution in [0, 0.1) is 0 Å². The lowest BCUT2D eigenvalue weighted by Crippen LogP contribution is -2.36. The summed E-state index contributed by atoms with van der Waals surface area (Å²) in [6.07, 6.45) is 9.80. The highest BCUT2D eigenvalue weighted by Crippen LogP contribution is 2.40. The quantitative estimate of drug-likeness (QED) is 0.398. The van der Waals surface area contributed by atoms with Gasteiger partial charge in [-0.1, -0.05) is 11.6 Å². The molecule has 162 valence electrons. The van der Waals surface area contributed by atoms with Crippen molar-refractivity contribution in [1.29, 1.82) is 0 Å². The number of methoxy groups -OCH3 is 1. The predicted octanol–water partition coefficient (Wildman–Crippen LogP) is 3.42. The second-order valence-electron chi connectivity index (χ2n) is 7.31. The molecule has 30 heavy (non-hydrogen) atoms. The van der Waals surface area contributed by atoms with E-state index >= 15 is 0 Å². The number of esters is 1. The summed E-state index contributed by atoms with van der Waals surface area (Å²) in [6, 6.07) is 3.50. The standard InChI is InChI=1S/C23H29NO6/c1-16(23(26)24-11-10-17-6-4-3-5-7-17)30-21(25)9-8-18-14-19(27-2)22-20(15-18)28-12-13-29-22/h6,8-9,14-16H,3-5,7,10-13H2,1-2H3,(H,24,26)/b9-8+/t16-/m0/s1. The maximum atomic E-state index is 12.2. The van der Waals surface area contributed by atoms with Crippen LogP contribution in [0.2, 0.25) is 0 Å². The molecule has 0 saturated heterocycles. The fourth-order valence-electron chi connectivity index (χ4n) is 3.44. The summed E-state index contributed by atoms with van der Waals surface area (Å²) in [5, 5.41) is 2.83. The van der Waals surface area contributed by atoms with Gasteiger partial charge in [0.15, 0.2) is 17.6 Å². The first-order valence-electron chi connectivity index (χ1n) is 10.4. The Morgan fingerprint density at radius 1 is 1.23 bits per heavy atom. The van der Waals surface area contributed by atoms with E-state index in [1.807, 2.05) is 0 Å². The van der Waals surface area contributed by atoms with Crippen LogP contribution in [-0.4, -0.2) is 44.8 Å². The first-order chi connectivity index (χ1) is 14.6. The Bertz CT molecular complexity index is 812. The third-order valence-electron chi connectivity index (χ3n) is 5.05. The lowest BCUT2D eigenvalue weighted by atomic mass is 9.97. The number of ether oxygens (including phenoxy) is 4. The number of hydrogen-bond donors (Lipinski definition) is 1. The van der Waals surface area contributed by atoms with Gasteiger partial charge in [-0.3, -0.25) is 4.79 Å². The Morgan fingerprint density at radius 3 is 2.83 bits per heavy atom. The van der Waals surface area contributed by atoms with Crippen LogP contribution in [-0.2, 0) is 14.3 Å². The summed E-state index contributed by atoms with van der Waals surface area (Å²) < 4.78 is 21.7. The normalized spacial score (nSPS) is 16.5. The fourth-order valence-corrected chi connectivity index (χ4v) is 3.44. The molecule has 1 aromatic carbocycles. The molecule has 0 unspecified atom stereocenters. The average molecular weight is 415 g/mol. The summed E-state index contributed by atoms with van der Waals surface area (Å²) in [4.78, 5) is 24.3. The zero-order chi connectivity index (χ0) is 21.3. The molecule has 1 aliphatic carbocycles. The summed E-state index contributed by atoms with van der Waals surface area (Å²) in [7, 11) is 1.54. The van der Waals surface area contributed by atoms with Crippen LogP contribution in [0.1, 0.15) is 44.6 Å². The van der Waals surface area contributed by atoms with Gasteiger partial charge in [0.1, 0.15) is 13.2 Å². The van der Waals surface area contributed by atoms with E-state index in [2.05, 4.69) is 11.4 Å². The van der Waals surface area contributed by atoms with Crippen molar-refractivity contribution >= 4 is 18.0 Å². The van der Waals surface area contributed by atoms with Gasteiger partial charge in [-0.15, -0.1) is 0 Å². The van der Waals surface area contributed by atoms with E-state index in [1.54, 1.807) is 32.2 Å². The number of hydrogen-bond acceptors (Lipinski definition) is 6. The second-order valence-corrected chi connectivity index (χ2v) is 7.31. The van der Waals surface area contributed by atoms with Gasteiger partial charge in [0.2, 0.25) is 5.75 Å². The summed E-state index contributed by atoms with van der Waals surface area (Å²) in [5.41, 5.74) is 2.09. The lowest BCUT2D eigenvalue weighted by molar-refractivity contribution is -0.150. The van der Waals surface area contributed by atoms with E-state index < -0.39 is 12.1 Å². The number of rotatable bonds is 8. The molecule has 1 N–H and O–H groups in total. The number of allylic oxidation sites excluding steroid dienone is 1.